The number of alkyl halides is 3. The van der Waals surface area contributed by atoms with E-state index >= 15 is 0 Å². The van der Waals surface area contributed by atoms with Crippen molar-refractivity contribution < 1.29 is 18.0 Å². The molecule has 138 valence electrons. The number of halogens is 3. The maximum Gasteiger partial charge on any atom is 0.421 e. The summed E-state index contributed by atoms with van der Waals surface area (Å²) in [5, 5.41) is 5.74. The lowest BCUT2D eigenvalue weighted by atomic mass is 9.98. The van der Waals surface area contributed by atoms with E-state index in [0.29, 0.717) is 12.5 Å². The van der Waals surface area contributed by atoms with E-state index in [2.05, 4.69) is 20.6 Å². The fourth-order valence-electron chi connectivity index (χ4n) is 3.10. The van der Waals surface area contributed by atoms with Crippen LogP contribution in [0.5, 0.6) is 0 Å². The van der Waals surface area contributed by atoms with Gasteiger partial charge in [0.25, 0.3) is 0 Å². The van der Waals surface area contributed by atoms with Crippen molar-refractivity contribution >= 4 is 17.7 Å². The molecule has 0 aromatic carbocycles. The van der Waals surface area contributed by atoms with Crippen LogP contribution in [0.1, 0.15) is 12.5 Å². The largest absolute Gasteiger partial charge is 0.421 e. The summed E-state index contributed by atoms with van der Waals surface area (Å²) in [7, 11) is 1.51. The SMILES string of the molecule is CNC(=O)C1CN(c2nc(N3CCNCC3C)ncc2C(F)(F)F)C1. The highest BCUT2D eigenvalue weighted by atomic mass is 19.4. The first-order chi connectivity index (χ1) is 11.8. The van der Waals surface area contributed by atoms with Gasteiger partial charge < -0.3 is 20.4 Å². The summed E-state index contributed by atoms with van der Waals surface area (Å²) in [6, 6.07) is 0.0911. The van der Waals surface area contributed by atoms with E-state index in [9.17, 15) is 18.0 Å². The van der Waals surface area contributed by atoms with Crippen molar-refractivity contribution in [2.45, 2.75) is 19.1 Å². The first kappa shape index (κ1) is 17.7. The molecular formula is C15H21F3N6O. The Hall–Kier alpha value is -2.10. The van der Waals surface area contributed by atoms with Crippen molar-refractivity contribution in [3.63, 3.8) is 0 Å². The quantitative estimate of drug-likeness (QED) is 0.819. The fraction of sp³-hybridized carbons (Fsp3) is 0.667. The van der Waals surface area contributed by atoms with Gasteiger partial charge in [-0.15, -0.1) is 0 Å². The lowest BCUT2D eigenvalue weighted by molar-refractivity contribution is -0.137. The Morgan fingerprint density at radius 3 is 2.72 bits per heavy atom. The summed E-state index contributed by atoms with van der Waals surface area (Å²) >= 11 is 0. The minimum absolute atomic E-state index is 0.0911. The Labute approximate surface area is 143 Å². The number of piperazine rings is 1. The molecule has 2 fully saturated rings. The van der Waals surface area contributed by atoms with Gasteiger partial charge in [-0.25, -0.2) is 4.98 Å². The molecule has 1 atom stereocenters. The summed E-state index contributed by atoms with van der Waals surface area (Å²) in [5.74, 6) is -0.346. The highest BCUT2D eigenvalue weighted by Gasteiger charge is 2.41. The topological polar surface area (TPSA) is 73.4 Å². The molecule has 1 aromatic heterocycles. The van der Waals surface area contributed by atoms with Crippen LogP contribution in [0.3, 0.4) is 0 Å². The summed E-state index contributed by atoms with van der Waals surface area (Å²) in [4.78, 5) is 23.2. The number of anilines is 2. The number of carbonyl (C=O) groups excluding carboxylic acids is 1. The third-order valence-electron chi connectivity index (χ3n) is 4.62. The molecule has 25 heavy (non-hydrogen) atoms. The van der Waals surface area contributed by atoms with E-state index in [1.54, 1.807) is 0 Å². The van der Waals surface area contributed by atoms with Gasteiger partial charge in [-0.2, -0.15) is 18.2 Å². The van der Waals surface area contributed by atoms with Gasteiger partial charge in [-0.3, -0.25) is 4.79 Å². The maximum atomic E-state index is 13.3. The van der Waals surface area contributed by atoms with Gasteiger partial charge in [0, 0.05) is 52.0 Å². The number of rotatable bonds is 3. The molecule has 0 bridgehead atoms. The van der Waals surface area contributed by atoms with E-state index in [4.69, 9.17) is 0 Å². The van der Waals surface area contributed by atoms with Gasteiger partial charge in [0.1, 0.15) is 11.4 Å². The van der Waals surface area contributed by atoms with Crippen molar-refractivity contribution in [1.82, 2.24) is 20.6 Å². The van der Waals surface area contributed by atoms with Gasteiger partial charge in [0.15, 0.2) is 0 Å². The predicted molar refractivity (Wildman–Crippen MR) is 86.5 cm³/mol. The van der Waals surface area contributed by atoms with Crippen LogP contribution in [-0.4, -0.2) is 61.7 Å². The first-order valence-corrected chi connectivity index (χ1v) is 8.19. The molecule has 2 aliphatic rings. The van der Waals surface area contributed by atoms with Gasteiger partial charge in [-0.1, -0.05) is 0 Å². The molecule has 2 N–H and O–H groups in total. The summed E-state index contributed by atoms with van der Waals surface area (Å²) in [6.07, 6.45) is -3.69. The minimum Gasteiger partial charge on any atom is -0.359 e. The van der Waals surface area contributed by atoms with Crippen molar-refractivity contribution in [2.75, 3.05) is 49.6 Å². The predicted octanol–water partition coefficient (Wildman–Crippen LogP) is 0.476. The summed E-state index contributed by atoms with van der Waals surface area (Å²) in [6.45, 7) is 4.49. The Morgan fingerprint density at radius 1 is 1.40 bits per heavy atom. The monoisotopic (exact) mass is 358 g/mol. The van der Waals surface area contributed by atoms with E-state index in [0.717, 1.165) is 19.3 Å². The molecule has 0 spiro atoms. The van der Waals surface area contributed by atoms with Crippen molar-refractivity contribution in [1.29, 1.82) is 0 Å². The van der Waals surface area contributed by atoms with Gasteiger partial charge in [0.05, 0.1) is 5.92 Å². The average Bonchev–Trinajstić information content (AvgIpc) is 2.52. The number of nitrogens with one attached hydrogen (secondary N) is 2. The number of nitrogens with zero attached hydrogens (tertiary/aromatic N) is 4. The molecule has 0 saturated carbocycles. The van der Waals surface area contributed by atoms with Crippen LogP contribution in [0, 0.1) is 5.92 Å². The van der Waals surface area contributed by atoms with Crippen LogP contribution in [0.2, 0.25) is 0 Å². The smallest absolute Gasteiger partial charge is 0.359 e. The Bertz CT molecular complexity index is 647. The first-order valence-electron chi connectivity index (χ1n) is 8.19. The summed E-state index contributed by atoms with van der Waals surface area (Å²) < 4.78 is 40.0. The van der Waals surface area contributed by atoms with Crippen LogP contribution < -0.4 is 20.4 Å². The minimum atomic E-state index is -4.54. The second-order valence-corrected chi connectivity index (χ2v) is 6.37. The number of amides is 1. The van der Waals surface area contributed by atoms with Crippen molar-refractivity contribution in [3.8, 4) is 0 Å². The molecule has 1 unspecified atom stereocenters. The van der Waals surface area contributed by atoms with Gasteiger partial charge >= 0.3 is 6.18 Å². The highest BCUT2D eigenvalue weighted by molar-refractivity contribution is 5.81. The molecule has 2 saturated heterocycles. The third kappa shape index (κ3) is 3.48. The molecule has 2 aliphatic heterocycles. The zero-order valence-electron chi connectivity index (χ0n) is 14.1. The van der Waals surface area contributed by atoms with Crippen LogP contribution in [0.25, 0.3) is 0 Å². The van der Waals surface area contributed by atoms with Crippen LogP contribution >= 0.6 is 0 Å². The third-order valence-corrected chi connectivity index (χ3v) is 4.62. The molecule has 10 heteroatoms. The lowest BCUT2D eigenvalue weighted by Gasteiger charge is -2.40. The second kappa shape index (κ2) is 6.66. The number of aromatic nitrogens is 2. The van der Waals surface area contributed by atoms with E-state index in [1.165, 1.54) is 11.9 Å². The number of carbonyl (C=O) groups is 1. The molecule has 3 rings (SSSR count). The highest BCUT2D eigenvalue weighted by Crippen LogP contribution is 2.38. The van der Waals surface area contributed by atoms with Crippen molar-refractivity contribution in [3.05, 3.63) is 11.8 Å². The molecule has 1 aromatic rings. The van der Waals surface area contributed by atoms with E-state index < -0.39 is 11.7 Å². The zero-order valence-corrected chi connectivity index (χ0v) is 14.1. The average molecular weight is 358 g/mol. The van der Waals surface area contributed by atoms with E-state index in [-0.39, 0.29) is 36.8 Å². The Kier molecular flexibility index (Phi) is 4.72. The normalized spacial score (nSPS) is 21.9. The van der Waals surface area contributed by atoms with Gasteiger partial charge in [0.2, 0.25) is 11.9 Å². The molecule has 7 nitrogen and oxygen atoms in total. The van der Waals surface area contributed by atoms with Crippen LogP contribution in [0.4, 0.5) is 24.9 Å². The zero-order chi connectivity index (χ0) is 18.2. The fourth-order valence-corrected chi connectivity index (χ4v) is 3.10. The molecule has 1 amide bonds. The Balaban J connectivity index is 1.88. The second-order valence-electron chi connectivity index (χ2n) is 6.37. The van der Waals surface area contributed by atoms with Crippen LogP contribution in [-0.2, 0) is 11.0 Å². The van der Waals surface area contributed by atoms with Gasteiger partial charge in [-0.05, 0) is 6.92 Å². The number of hydrogen-bond acceptors (Lipinski definition) is 6. The summed E-state index contributed by atoms with van der Waals surface area (Å²) in [5.41, 5.74) is -0.866. The van der Waals surface area contributed by atoms with Crippen molar-refractivity contribution in [2.24, 2.45) is 5.92 Å². The standard InChI is InChI=1S/C15H21F3N6O/c1-9-5-20-3-4-24(9)14-21-6-11(15(16,17)18)12(22-14)23-7-10(8-23)13(25)19-2/h6,9-10,20H,3-5,7-8H2,1-2H3,(H,19,25). The Morgan fingerprint density at radius 2 is 2.12 bits per heavy atom. The van der Waals surface area contributed by atoms with E-state index in [1.807, 2.05) is 11.8 Å². The lowest BCUT2D eigenvalue weighted by Crippen LogP contribution is -2.54. The maximum absolute atomic E-state index is 13.3. The molecule has 0 aliphatic carbocycles. The molecular weight excluding hydrogens is 337 g/mol. The molecule has 0 radical (unpaired) electrons. The molecule has 3 heterocycles. The van der Waals surface area contributed by atoms with Crippen LogP contribution in [0.15, 0.2) is 6.20 Å². The number of hydrogen-bond donors (Lipinski definition) is 2.